The number of nitrogens with one attached hydrogen (secondary N) is 3. The van der Waals surface area contributed by atoms with E-state index in [-0.39, 0.29) is 17.6 Å². The van der Waals surface area contributed by atoms with Gasteiger partial charge in [-0.15, -0.1) is 0 Å². The number of likely N-dealkylation sites (tertiary alicyclic amines) is 1. The first-order valence-corrected chi connectivity index (χ1v) is 9.13. The first-order chi connectivity index (χ1) is 11.3. The summed E-state index contributed by atoms with van der Waals surface area (Å²) in [6, 6.07) is -0.154. The quantitative estimate of drug-likeness (QED) is 0.545. The zero-order chi connectivity index (χ0) is 17.6. The molecule has 24 heavy (non-hydrogen) atoms. The van der Waals surface area contributed by atoms with Crippen molar-refractivity contribution in [3.63, 3.8) is 0 Å². The van der Waals surface area contributed by atoms with Gasteiger partial charge in [0.25, 0.3) is 0 Å². The van der Waals surface area contributed by atoms with Crippen molar-refractivity contribution in [1.82, 2.24) is 20.9 Å². The average molecular weight is 336 g/mol. The molecule has 0 saturated carbocycles. The highest BCUT2D eigenvalue weighted by molar-refractivity contribution is 5.75. The highest BCUT2D eigenvalue weighted by Gasteiger charge is 2.27. The number of hydrogen-bond donors (Lipinski definition) is 3. The monoisotopic (exact) mass is 336 g/mol. The number of amides is 4. The molecular formula is C18H32N4O2. The molecule has 0 aromatic carbocycles. The van der Waals surface area contributed by atoms with Gasteiger partial charge in [0.1, 0.15) is 0 Å². The second kappa shape index (κ2) is 8.40. The number of carbonyl (C=O) groups excluding carboxylic acids is 2. The van der Waals surface area contributed by atoms with Crippen LogP contribution in [0.5, 0.6) is 0 Å². The maximum Gasteiger partial charge on any atom is 0.317 e. The van der Waals surface area contributed by atoms with E-state index in [4.69, 9.17) is 0 Å². The van der Waals surface area contributed by atoms with Gasteiger partial charge in [0, 0.05) is 31.7 Å². The van der Waals surface area contributed by atoms with Crippen molar-refractivity contribution in [2.24, 2.45) is 5.92 Å². The Bertz CT molecular complexity index is 482. The molecule has 2 rings (SSSR count). The smallest absolute Gasteiger partial charge is 0.317 e. The Kier molecular flexibility index (Phi) is 6.52. The fraction of sp³-hybridized carbons (Fsp3) is 0.778. The van der Waals surface area contributed by atoms with Crippen LogP contribution in [0.4, 0.5) is 9.59 Å². The highest BCUT2D eigenvalue weighted by Crippen LogP contribution is 2.31. The maximum atomic E-state index is 12.2. The normalized spacial score (nSPS) is 20.7. The van der Waals surface area contributed by atoms with E-state index in [0.717, 1.165) is 32.4 Å². The third kappa shape index (κ3) is 6.06. The van der Waals surface area contributed by atoms with Crippen LogP contribution in [0.25, 0.3) is 0 Å². The van der Waals surface area contributed by atoms with E-state index in [0.29, 0.717) is 19.0 Å². The van der Waals surface area contributed by atoms with E-state index in [2.05, 4.69) is 22.0 Å². The molecule has 0 bridgehead atoms. The van der Waals surface area contributed by atoms with Gasteiger partial charge >= 0.3 is 12.1 Å². The van der Waals surface area contributed by atoms with Gasteiger partial charge in [0.05, 0.1) is 0 Å². The third-order valence-electron chi connectivity index (χ3n) is 4.50. The summed E-state index contributed by atoms with van der Waals surface area (Å²) in [5.41, 5.74) is 1.21. The molecule has 1 aliphatic heterocycles. The first kappa shape index (κ1) is 18.6. The lowest BCUT2D eigenvalue weighted by atomic mass is 9.82. The second-order valence-corrected chi connectivity index (χ2v) is 7.83. The van der Waals surface area contributed by atoms with Crippen LogP contribution in [0.2, 0.25) is 0 Å². The summed E-state index contributed by atoms with van der Waals surface area (Å²) in [5.74, 6) is 0.702. The molecule has 1 atom stereocenters. The molecule has 1 fully saturated rings. The van der Waals surface area contributed by atoms with Gasteiger partial charge in [-0.25, -0.2) is 9.59 Å². The van der Waals surface area contributed by atoms with Gasteiger partial charge in [0.15, 0.2) is 0 Å². The Morgan fingerprint density at radius 2 is 1.96 bits per heavy atom. The Balaban J connectivity index is 1.60. The number of nitrogens with zero attached hydrogens (tertiary/aromatic N) is 1. The molecule has 0 aromatic rings. The van der Waals surface area contributed by atoms with Gasteiger partial charge in [0.2, 0.25) is 0 Å². The zero-order valence-corrected chi connectivity index (χ0v) is 15.3. The Morgan fingerprint density at radius 1 is 1.21 bits per heavy atom. The molecule has 2 aliphatic rings. The number of urea groups is 2. The number of allylic oxidation sites excluding steroid dienone is 1. The van der Waals surface area contributed by atoms with Crippen molar-refractivity contribution < 1.29 is 9.59 Å². The highest BCUT2D eigenvalue weighted by atomic mass is 16.2. The molecule has 6 heteroatoms. The van der Waals surface area contributed by atoms with Crippen LogP contribution in [0.15, 0.2) is 11.6 Å². The molecule has 1 saturated heterocycles. The standard InChI is InChI=1S/C18H32N4O2/c1-18(2,3)21-16(23)19-10-6-11-20-17(24)22-12-9-14-7-4-5-8-15(14)13-22/h8,14H,4-7,9-13H2,1-3H3,(H,20,24)(H2,19,21,23). The van der Waals surface area contributed by atoms with E-state index < -0.39 is 0 Å². The summed E-state index contributed by atoms with van der Waals surface area (Å²) in [6.45, 7) is 8.58. The van der Waals surface area contributed by atoms with E-state index >= 15 is 0 Å². The van der Waals surface area contributed by atoms with Gasteiger partial charge in [-0.05, 0) is 58.8 Å². The topological polar surface area (TPSA) is 73.5 Å². The van der Waals surface area contributed by atoms with Gasteiger partial charge in [-0.2, -0.15) is 0 Å². The van der Waals surface area contributed by atoms with E-state index in [1.54, 1.807) is 0 Å². The lowest BCUT2D eigenvalue weighted by molar-refractivity contribution is 0.186. The molecule has 0 radical (unpaired) electrons. The minimum atomic E-state index is -0.238. The minimum Gasteiger partial charge on any atom is -0.338 e. The third-order valence-corrected chi connectivity index (χ3v) is 4.50. The molecule has 0 spiro atoms. The summed E-state index contributed by atoms with van der Waals surface area (Å²) in [5, 5.41) is 8.61. The number of carbonyl (C=O) groups is 2. The van der Waals surface area contributed by atoms with E-state index in [9.17, 15) is 9.59 Å². The van der Waals surface area contributed by atoms with Crippen molar-refractivity contribution in [3.8, 4) is 0 Å². The number of fused-ring (bicyclic) bond motifs is 1. The summed E-state index contributed by atoms with van der Waals surface area (Å²) in [6.07, 6.45) is 7.87. The lowest BCUT2D eigenvalue weighted by Gasteiger charge is -2.36. The molecule has 1 unspecified atom stereocenters. The van der Waals surface area contributed by atoms with Crippen molar-refractivity contribution in [2.75, 3.05) is 26.2 Å². The SMILES string of the molecule is CC(C)(C)NC(=O)NCCCNC(=O)N1CCC2CCCC=C2C1. The number of piperidine rings is 1. The predicted octanol–water partition coefficient (Wildman–Crippen LogP) is 2.62. The predicted molar refractivity (Wildman–Crippen MR) is 95.9 cm³/mol. The van der Waals surface area contributed by atoms with E-state index in [1.807, 2.05) is 25.7 Å². The van der Waals surface area contributed by atoms with Gasteiger partial charge < -0.3 is 20.9 Å². The van der Waals surface area contributed by atoms with Crippen LogP contribution in [0, 0.1) is 5.92 Å². The Labute approximate surface area is 145 Å². The fourth-order valence-corrected chi connectivity index (χ4v) is 3.29. The molecule has 1 aliphatic carbocycles. The summed E-state index contributed by atoms with van der Waals surface area (Å²) >= 11 is 0. The van der Waals surface area contributed by atoms with Crippen LogP contribution >= 0.6 is 0 Å². The molecule has 6 nitrogen and oxygen atoms in total. The van der Waals surface area contributed by atoms with Gasteiger partial charge in [-0.1, -0.05) is 11.6 Å². The zero-order valence-electron chi connectivity index (χ0n) is 15.3. The van der Waals surface area contributed by atoms with E-state index in [1.165, 1.54) is 18.4 Å². The number of rotatable bonds is 4. The summed E-state index contributed by atoms with van der Waals surface area (Å²) in [4.78, 5) is 25.8. The van der Waals surface area contributed by atoms with Crippen LogP contribution in [-0.4, -0.2) is 48.7 Å². The maximum absolute atomic E-state index is 12.2. The van der Waals surface area contributed by atoms with Crippen LogP contribution in [0.1, 0.15) is 52.9 Å². The molecule has 4 amide bonds. The molecule has 136 valence electrons. The largest absolute Gasteiger partial charge is 0.338 e. The average Bonchev–Trinajstić information content (AvgIpc) is 2.52. The molecule has 0 aromatic heterocycles. The van der Waals surface area contributed by atoms with Crippen molar-refractivity contribution in [2.45, 2.75) is 58.4 Å². The van der Waals surface area contributed by atoms with Crippen molar-refractivity contribution in [1.29, 1.82) is 0 Å². The van der Waals surface area contributed by atoms with Gasteiger partial charge in [-0.3, -0.25) is 0 Å². The summed E-state index contributed by atoms with van der Waals surface area (Å²) < 4.78 is 0. The Hall–Kier alpha value is -1.72. The first-order valence-electron chi connectivity index (χ1n) is 9.13. The fourth-order valence-electron chi connectivity index (χ4n) is 3.29. The van der Waals surface area contributed by atoms with Crippen LogP contribution in [0.3, 0.4) is 0 Å². The molecular weight excluding hydrogens is 304 g/mol. The van der Waals surface area contributed by atoms with Crippen LogP contribution in [-0.2, 0) is 0 Å². The summed E-state index contributed by atoms with van der Waals surface area (Å²) in [7, 11) is 0. The van der Waals surface area contributed by atoms with Crippen molar-refractivity contribution >= 4 is 12.1 Å². The number of hydrogen-bond acceptors (Lipinski definition) is 2. The second-order valence-electron chi connectivity index (χ2n) is 7.83. The minimum absolute atomic E-state index is 0.0130. The molecule has 3 N–H and O–H groups in total. The van der Waals surface area contributed by atoms with Crippen molar-refractivity contribution in [3.05, 3.63) is 11.6 Å². The Morgan fingerprint density at radius 3 is 2.71 bits per heavy atom. The lowest BCUT2D eigenvalue weighted by Crippen LogP contribution is -2.47. The molecule has 1 heterocycles. The van der Waals surface area contributed by atoms with Crippen LogP contribution < -0.4 is 16.0 Å².